The summed E-state index contributed by atoms with van der Waals surface area (Å²) >= 11 is 0. The molecule has 1 atom stereocenters. The number of nitrogens with zero attached hydrogens (tertiary/aromatic N) is 4. The second kappa shape index (κ2) is 7.42. The van der Waals surface area contributed by atoms with E-state index in [1.807, 2.05) is 32.0 Å². The van der Waals surface area contributed by atoms with E-state index < -0.39 is 6.04 Å². The minimum atomic E-state index is -0.728. The predicted octanol–water partition coefficient (Wildman–Crippen LogP) is 1.35. The molecular weight excluding hydrogens is 308 g/mol. The van der Waals surface area contributed by atoms with Crippen molar-refractivity contribution in [3.05, 3.63) is 30.1 Å². The molecule has 0 radical (unpaired) electrons. The van der Waals surface area contributed by atoms with Crippen LogP contribution in [0.1, 0.15) is 26.0 Å². The molecule has 1 fully saturated rings. The van der Waals surface area contributed by atoms with Crippen molar-refractivity contribution in [2.45, 2.75) is 32.9 Å². The fourth-order valence-corrected chi connectivity index (χ4v) is 2.75. The van der Waals surface area contributed by atoms with Crippen molar-refractivity contribution in [3.8, 4) is 0 Å². The van der Waals surface area contributed by atoms with E-state index in [-0.39, 0.29) is 24.3 Å². The van der Waals surface area contributed by atoms with Gasteiger partial charge in [0.05, 0.1) is 18.7 Å². The number of rotatable bonds is 6. The number of likely N-dealkylation sites (N-methyl/N-ethyl adjacent to an activating group) is 2. The molecule has 0 N–H and O–H groups in total. The van der Waals surface area contributed by atoms with Crippen LogP contribution < -0.4 is 0 Å². The van der Waals surface area contributed by atoms with Crippen LogP contribution >= 0.6 is 0 Å². The minimum absolute atomic E-state index is 0.00896. The van der Waals surface area contributed by atoms with Crippen molar-refractivity contribution in [2.24, 2.45) is 5.92 Å². The molecule has 1 aliphatic rings. The number of pyridine rings is 1. The molecule has 2 heterocycles. The highest BCUT2D eigenvalue weighted by Crippen LogP contribution is 2.18. The molecule has 7 heteroatoms. The first-order valence-corrected chi connectivity index (χ1v) is 8.03. The van der Waals surface area contributed by atoms with E-state index in [0.717, 1.165) is 10.6 Å². The summed E-state index contributed by atoms with van der Waals surface area (Å²) < 4.78 is 0. The lowest BCUT2D eigenvalue weighted by Crippen LogP contribution is -2.40. The zero-order valence-electron chi connectivity index (χ0n) is 14.6. The quantitative estimate of drug-likeness (QED) is 0.737. The van der Waals surface area contributed by atoms with Crippen LogP contribution in [0.4, 0.5) is 4.79 Å². The molecule has 1 aliphatic heterocycles. The SMILES string of the molecule is CC(C)CN(Cc1ccccn1)C(=O)C[C@H]1C(=O)N(C)C(=O)N1C. The monoisotopic (exact) mass is 332 g/mol. The van der Waals surface area contributed by atoms with Crippen molar-refractivity contribution >= 4 is 17.8 Å². The van der Waals surface area contributed by atoms with Gasteiger partial charge in [0.1, 0.15) is 6.04 Å². The maximum Gasteiger partial charge on any atom is 0.326 e. The number of carbonyl (C=O) groups is 3. The van der Waals surface area contributed by atoms with E-state index >= 15 is 0 Å². The number of hydrogen-bond acceptors (Lipinski definition) is 4. The van der Waals surface area contributed by atoms with Gasteiger partial charge in [0.15, 0.2) is 0 Å². The summed E-state index contributed by atoms with van der Waals surface area (Å²) in [4.78, 5) is 45.1. The summed E-state index contributed by atoms with van der Waals surface area (Å²) in [6, 6.07) is 4.46. The Bertz CT molecular complexity index is 618. The van der Waals surface area contributed by atoms with Crippen LogP contribution in [0.2, 0.25) is 0 Å². The Hall–Kier alpha value is -2.44. The van der Waals surface area contributed by atoms with Crippen molar-refractivity contribution in [3.63, 3.8) is 0 Å². The molecule has 1 saturated heterocycles. The van der Waals surface area contributed by atoms with Crippen LogP contribution in [0.3, 0.4) is 0 Å². The second-order valence-electron chi connectivity index (χ2n) is 6.50. The van der Waals surface area contributed by atoms with Crippen LogP contribution in [0.5, 0.6) is 0 Å². The van der Waals surface area contributed by atoms with Gasteiger partial charge >= 0.3 is 6.03 Å². The first-order chi connectivity index (χ1) is 11.3. The van der Waals surface area contributed by atoms with Crippen molar-refractivity contribution in [1.29, 1.82) is 0 Å². The fourth-order valence-electron chi connectivity index (χ4n) is 2.75. The highest BCUT2D eigenvalue weighted by molar-refractivity contribution is 6.05. The second-order valence-corrected chi connectivity index (χ2v) is 6.50. The molecule has 0 unspecified atom stereocenters. The van der Waals surface area contributed by atoms with Gasteiger partial charge in [-0.1, -0.05) is 19.9 Å². The third-order valence-corrected chi connectivity index (χ3v) is 4.06. The molecule has 0 aliphatic carbocycles. The molecule has 4 amide bonds. The fraction of sp³-hybridized carbons (Fsp3) is 0.529. The van der Waals surface area contributed by atoms with Gasteiger partial charge < -0.3 is 9.80 Å². The zero-order chi connectivity index (χ0) is 17.9. The Kier molecular flexibility index (Phi) is 5.54. The summed E-state index contributed by atoms with van der Waals surface area (Å²) in [5, 5.41) is 0. The molecule has 1 aromatic rings. The lowest BCUT2D eigenvalue weighted by Gasteiger charge is -2.26. The number of imide groups is 1. The maximum atomic E-state index is 12.7. The van der Waals surface area contributed by atoms with E-state index in [4.69, 9.17) is 0 Å². The number of carbonyl (C=O) groups excluding carboxylic acids is 3. The van der Waals surface area contributed by atoms with Gasteiger partial charge in [0.25, 0.3) is 5.91 Å². The van der Waals surface area contributed by atoms with Gasteiger partial charge in [-0.05, 0) is 18.1 Å². The van der Waals surface area contributed by atoms with E-state index in [0.29, 0.717) is 19.0 Å². The lowest BCUT2D eigenvalue weighted by molar-refractivity contribution is -0.137. The smallest absolute Gasteiger partial charge is 0.326 e. The van der Waals surface area contributed by atoms with E-state index in [1.54, 1.807) is 18.1 Å². The van der Waals surface area contributed by atoms with Crippen LogP contribution in [0.25, 0.3) is 0 Å². The van der Waals surface area contributed by atoms with Gasteiger partial charge in [-0.25, -0.2) is 4.79 Å². The topological polar surface area (TPSA) is 73.8 Å². The van der Waals surface area contributed by atoms with Crippen molar-refractivity contribution in [2.75, 3.05) is 20.6 Å². The van der Waals surface area contributed by atoms with Crippen LogP contribution in [-0.4, -0.2) is 64.2 Å². The van der Waals surface area contributed by atoms with Crippen LogP contribution in [0.15, 0.2) is 24.4 Å². The maximum absolute atomic E-state index is 12.7. The zero-order valence-corrected chi connectivity index (χ0v) is 14.6. The Morgan fingerprint density at radius 2 is 2.00 bits per heavy atom. The third kappa shape index (κ3) is 3.90. The van der Waals surface area contributed by atoms with Gasteiger partial charge in [0, 0.05) is 26.8 Å². The molecule has 0 spiro atoms. The normalized spacial score (nSPS) is 17.8. The average molecular weight is 332 g/mol. The third-order valence-electron chi connectivity index (χ3n) is 4.06. The van der Waals surface area contributed by atoms with Gasteiger partial charge in [-0.3, -0.25) is 19.5 Å². The summed E-state index contributed by atoms with van der Waals surface area (Å²) in [7, 11) is 2.98. The highest BCUT2D eigenvalue weighted by Gasteiger charge is 2.42. The molecule has 24 heavy (non-hydrogen) atoms. The summed E-state index contributed by atoms with van der Waals surface area (Å²) in [5.74, 6) is -0.195. The van der Waals surface area contributed by atoms with Crippen LogP contribution in [0, 0.1) is 5.92 Å². The Balaban J connectivity index is 2.10. The molecule has 0 saturated carbocycles. The summed E-state index contributed by atoms with van der Waals surface area (Å²) in [6.45, 7) is 5.03. The molecule has 130 valence electrons. The standard InChI is InChI=1S/C17H24N4O3/c1-12(2)10-21(11-13-7-5-6-8-18-13)15(22)9-14-16(23)20(4)17(24)19(14)3/h5-8,12,14H,9-11H2,1-4H3/t14-/m0/s1. The van der Waals surface area contributed by atoms with Crippen molar-refractivity contribution in [1.82, 2.24) is 19.7 Å². The van der Waals surface area contributed by atoms with Crippen molar-refractivity contribution < 1.29 is 14.4 Å². The summed E-state index contributed by atoms with van der Waals surface area (Å²) in [6.07, 6.45) is 1.68. The Morgan fingerprint density at radius 1 is 1.29 bits per heavy atom. The Morgan fingerprint density at radius 3 is 2.50 bits per heavy atom. The molecule has 2 rings (SSSR count). The number of amides is 4. The molecule has 7 nitrogen and oxygen atoms in total. The van der Waals surface area contributed by atoms with Gasteiger partial charge in [0.2, 0.25) is 5.91 Å². The number of urea groups is 1. The minimum Gasteiger partial charge on any atom is -0.336 e. The number of aromatic nitrogens is 1. The number of hydrogen-bond donors (Lipinski definition) is 0. The Labute approximate surface area is 142 Å². The van der Waals surface area contributed by atoms with Gasteiger partial charge in [-0.15, -0.1) is 0 Å². The predicted molar refractivity (Wildman–Crippen MR) is 88.8 cm³/mol. The molecular formula is C17H24N4O3. The highest BCUT2D eigenvalue weighted by atomic mass is 16.2. The largest absolute Gasteiger partial charge is 0.336 e. The van der Waals surface area contributed by atoms with E-state index in [1.165, 1.54) is 11.9 Å². The van der Waals surface area contributed by atoms with Gasteiger partial charge in [-0.2, -0.15) is 0 Å². The molecule has 0 aromatic carbocycles. The average Bonchev–Trinajstić information content (AvgIpc) is 2.72. The lowest BCUT2D eigenvalue weighted by atomic mass is 10.1. The first-order valence-electron chi connectivity index (χ1n) is 8.03. The van der Waals surface area contributed by atoms with E-state index in [9.17, 15) is 14.4 Å². The summed E-state index contributed by atoms with van der Waals surface area (Å²) in [5.41, 5.74) is 0.797. The van der Waals surface area contributed by atoms with Crippen LogP contribution in [-0.2, 0) is 16.1 Å². The molecule has 0 bridgehead atoms. The molecule has 1 aromatic heterocycles. The van der Waals surface area contributed by atoms with E-state index in [2.05, 4.69) is 4.98 Å². The first kappa shape index (κ1) is 17.9.